The predicted octanol–water partition coefficient (Wildman–Crippen LogP) is 4.27. The molecule has 1 fully saturated rings. The maximum absolute atomic E-state index is 13.0. The van der Waals surface area contributed by atoms with Gasteiger partial charge in [0.25, 0.3) is 5.91 Å². The van der Waals surface area contributed by atoms with Crippen LogP contribution in [0.5, 0.6) is 11.5 Å². The number of phenols is 1. The van der Waals surface area contributed by atoms with E-state index in [9.17, 15) is 14.7 Å². The molecule has 1 aliphatic heterocycles. The molecule has 0 aliphatic carbocycles. The smallest absolute Gasteiger partial charge is 0.309 e. The Hall–Kier alpha value is -3.63. The second-order valence-electron chi connectivity index (χ2n) is 11.1. The number of esters is 1. The highest BCUT2D eigenvalue weighted by atomic mass is 16.5. The summed E-state index contributed by atoms with van der Waals surface area (Å²) in [4.78, 5) is 28.7. The number of likely N-dealkylation sites (tertiary alicyclic amines) is 1. The number of methoxy groups -OCH3 is 1. The molecule has 1 amide bonds. The lowest BCUT2D eigenvalue weighted by atomic mass is 9.96. The Labute approximate surface area is 243 Å². The number of anilines is 1. The SMILES string of the molecule is CCOC(=O)C1CCN(Cc2ccc(N(C(=N)C(=O)NC(C)C)C(N)c3cc(C(C)C)c(OC)cc3O)cc2)CC1. The predicted molar refractivity (Wildman–Crippen MR) is 160 cm³/mol. The van der Waals surface area contributed by atoms with Crippen LogP contribution in [0.2, 0.25) is 0 Å². The lowest BCUT2D eigenvalue weighted by Crippen LogP contribution is -2.48. The van der Waals surface area contributed by atoms with E-state index in [-0.39, 0.29) is 35.4 Å². The van der Waals surface area contributed by atoms with Crippen molar-refractivity contribution >= 4 is 23.4 Å². The highest BCUT2D eigenvalue weighted by Gasteiger charge is 2.30. The maximum atomic E-state index is 13.0. The zero-order valence-electron chi connectivity index (χ0n) is 25.1. The molecule has 10 heteroatoms. The standard InChI is InChI=1S/C31H45N5O5/c1-7-41-31(39)22-12-14-35(15-13-22)18-21-8-10-23(11-9-21)36(29(33)30(38)34-20(4)5)28(32)25-16-24(19(2)3)27(40-6)17-26(25)37/h8-11,16-17,19-20,22,28,33,37H,7,12-15,18,32H2,1-6H3,(H,34,38). The number of nitrogens with two attached hydrogens (primary N) is 1. The van der Waals surface area contributed by atoms with Crippen LogP contribution in [0.1, 0.15) is 76.2 Å². The molecular formula is C31H45N5O5. The summed E-state index contributed by atoms with van der Waals surface area (Å²) in [6, 6.07) is 10.7. The second-order valence-corrected chi connectivity index (χ2v) is 11.1. The Bertz CT molecular complexity index is 1210. The summed E-state index contributed by atoms with van der Waals surface area (Å²) in [7, 11) is 1.54. The Morgan fingerprint density at radius 1 is 1.12 bits per heavy atom. The molecule has 2 aromatic rings. The molecule has 2 aromatic carbocycles. The molecule has 3 rings (SSSR count). The van der Waals surface area contributed by atoms with Crippen LogP contribution in [-0.2, 0) is 20.9 Å². The Morgan fingerprint density at radius 3 is 2.29 bits per heavy atom. The molecule has 1 atom stereocenters. The van der Waals surface area contributed by atoms with Gasteiger partial charge in [-0.25, -0.2) is 0 Å². The quantitative estimate of drug-likeness (QED) is 0.144. The summed E-state index contributed by atoms with van der Waals surface area (Å²) in [6.45, 7) is 12.2. The average molecular weight is 568 g/mol. The number of amides is 1. The molecule has 1 heterocycles. The molecule has 0 bridgehead atoms. The van der Waals surface area contributed by atoms with Crippen molar-refractivity contribution in [3.63, 3.8) is 0 Å². The molecule has 1 saturated heterocycles. The number of aromatic hydroxyl groups is 1. The van der Waals surface area contributed by atoms with Crippen molar-refractivity contribution in [3.05, 3.63) is 53.1 Å². The number of hydrogen-bond acceptors (Lipinski definition) is 8. The van der Waals surface area contributed by atoms with Crippen LogP contribution in [-0.4, -0.2) is 60.6 Å². The molecule has 0 aromatic heterocycles. The number of hydrogen-bond donors (Lipinski definition) is 4. The monoisotopic (exact) mass is 567 g/mol. The summed E-state index contributed by atoms with van der Waals surface area (Å²) < 4.78 is 10.6. The average Bonchev–Trinajstić information content (AvgIpc) is 2.93. The zero-order valence-corrected chi connectivity index (χ0v) is 25.1. The molecule has 1 unspecified atom stereocenters. The largest absolute Gasteiger partial charge is 0.507 e. The van der Waals surface area contributed by atoms with Crippen LogP contribution in [0.4, 0.5) is 5.69 Å². The van der Waals surface area contributed by atoms with Crippen LogP contribution >= 0.6 is 0 Å². The second kappa shape index (κ2) is 14.3. The van der Waals surface area contributed by atoms with Gasteiger partial charge in [0.2, 0.25) is 0 Å². The van der Waals surface area contributed by atoms with Crippen LogP contribution in [0.25, 0.3) is 0 Å². The third-order valence-electron chi connectivity index (χ3n) is 7.30. The number of phenolic OH excluding ortho intramolecular Hbond substituents is 1. The third-order valence-corrected chi connectivity index (χ3v) is 7.30. The number of ether oxygens (including phenoxy) is 2. The van der Waals surface area contributed by atoms with Gasteiger partial charge in [0.15, 0.2) is 5.84 Å². The minimum atomic E-state index is -1.02. The van der Waals surface area contributed by atoms with Crippen molar-refractivity contribution in [3.8, 4) is 11.5 Å². The van der Waals surface area contributed by atoms with E-state index in [1.807, 2.05) is 58.9 Å². The number of nitrogens with zero attached hydrogens (tertiary/aromatic N) is 2. The summed E-state index contributed by atoms with van der Waals surface area (Å²) in [6.07, 6.45) is 0.521. The number of piperidine rings is 1. The van der Waals surface area contributed by atoms with Gasteiger partial charge in [0, 0.05) is 29.9 Å². The van der Waals surface area contributed by atoms with Crippen molar-refractivity contribution < 1.29 is 24.2 Å². The fraction of sp³-hybridized carbons (Fsp3) is 0.516. The number of nitrogens with one attached hydrogen (secondary N) is 2. The number of carbonyl (C=O) groups excluding carboxylic acids is 2. The van der Waals surface area contributed by atoms with E-state index >= 15 is 0 Å². The Morgan fingerprint density at radius 2 is 1.76 bits per heavy atom. The van der Waals surface area contributed by atoms with Crippen molar-refractivity contribution in [1.29, 1.82) is 5.41 Å². The molecule has 224 valence electrons. The number of benzene rings is 2. The van der Waals surface area contributed by atoms with Gasteiger partial charge in [0.05, 0.1) is 19.6 Å². The van der Waals surface area contributed by atoms with E-state index in [0.29, 0.717) is 30.2 Å². The molecule has 1 aliphatic rings. The van der Waals surface area contributed by atoms with Gasteiger partial charge in [-0.15, -0.1) is 0 Å². The minimum absolute atomic E-state index is 0.0443. The highest BCUT2D eigenvalue weighted by molar-refractivity contribution is 6.42. The minimum Gasteiger partial charge on any atom is -0.507 e. The van der Waals surface area contributed by atoms with Gasteiger partial charge in [-0.2, -0.15) is 0 Å². The molecule has 5 N–H and O–H groups in total. The fourth-order valence-corrected chi connectivity index (χ4v) is 5.08. The van der Waals surface area contributed by atoms with E-state index in [0.717, 1.165) is 37.1 Å². The van der Waals surface area contributed by atoms with Gasteiger partial charge in [-0.05, 0) is 81.9 Å². The first kappa shape index (κ1) is 31.9. The van der Waals surface area contributed by atoms with Gasteiger partial charge >= 0.3 is 5.97 Å². The topological polar surface area (TPSA) is 141 Å². The number of carbonyl (C=O) groups is 2. The van der Waals surface area contributed by atoms with Gasteiger partial charge in [0.1, 0.15) is 17.7 Å². The maximum Gasteiger partial charge on any atom is 0.309 e. The van der Waals surface area contributed by atoms with E-state index in [4.69, 9.17) is 20.6 Å². The Kier molecular flexibility index (Phi) is 11.1. The lowest BCUT2D eigenvalue weighted by Gasteiger charge is -2.33. The van der Waals surface area contributed by atoms with E-state index in [2.05, 4.69) is 10.2 Å². The molecule has 41 heavy (non-hydrogen) atoms. The summed E-state index contributed by atoms with van der Waals surface area (Å²) in [5.74, 6) is -0.498. The molecule has 10 nitrogen and oxygen atoms in total. The molecule has 0 saturated carbocycles. The normalized spacial score (nSPS) is 15.0. The Balaban J connectivity index is 1.86. The van der Waals surface area contributed by atoms with Crippen molar-refractivity contribution in [2.45, 2.75) is 72.1 Å². The molecular weight excluding hydrogens is 522 g/mol. The molecule has 0 spiro atoms. The lowest BCUT2D eigenvalue weighted by molar-refractivity contribution is -0.149. The number of amidine groups is 1. The van der Waals surface area contributed by atoms with Crippen molar-refractivity contribution in [1.82, 2.24) is 10.2 Å². The number of rotatable bonds is 10. The molecule has 0 radical (unpaired) electrons. The van der Waals surface area contributed by atoms with Crippen molar-refractivity contribution in [2.75, 3.05) is 31.7 Å². The summed E-state index contributed by atoms with van der Waals surface area (Å²) in [5.41, 5.74) is 9.55. The van der Waals surface area contributed by atoms with Crippen LogP contribution in [0.3, 0.4) is 0 Å². The van der Waals surface area contributed by atoms with Crippen LogP contribution in [0, 0.1) is 11.3 Å². The first-order valence-electron chi connectivity index (χ1n) is 14.3. The highest BCUT2D eigenvalue weighted by Crippen LogP contribution is 2.37. The zero-order chi connectivity index (χ0) is 30.3. The van der Waals surface area contributed by atoms with E-state index < -0.39 is 12.1 Å². The fourth-order valence-electron chi connectivity index (χ4n) is 5.08. The first-order valence-corrected chi connectivity index (χ1v) is 14.3. The first-order chi connectivity index (χ1) is 19.5. The third kappa shape index (κ3) is 7.98. The van der Waals surface area contributed by atoms with Crippen LogP contribution in [0.15, 0.2) is 36.4 Å². The van der Waals surface area contributed by atoms with E-state index in [1.54, 1.807) is 13.2 Å². The van der Waals surface area contributed by atoms with E-state index in [1.165, 1.54) is 11.0 Å². The van der Waals surface area contributed by atoms with Crippen LogP contribution < -0.4 is 20.7 Å². The van der Waals surface area contributed by atoms with Gasteiger partial charge < -0.3 is 30.5 Å². The van der Waals surface area contributed by atoms with Gasteiger partial charge in [-0.1, -0.05) is 26.0 Å². The van der Waals surface area contributed by atoms with Crippen molar-refractivity contribution in [2.24, 2.45) is 11.7 Å². The summed E-state index contributed by atoms with van der Waals surface area (Å²) >= 11 is 0. The summed E-state index contributed by atoms with van der Waals surface area (Å²) in [5, 5.41) is 22.4. The van der Waals surface area contributed by atoms with Gasteiger partial charge in [-0.3, -0.25) is 19.9 Å².